The molecule has 2 rings (SSSR count). The molecule has 0 radical (unpaired) electrons. The molecule has 0 saturated carbocycles. The zero-order valence-corrected chi connectivity index (χ0v) is 16.6. The summed E-state index contributed by atoms with van der Waals surface area (Å²) in [5.41, 5.74) is 5.53. The van der Waals surface area contributed by atoms with Crippen LogP contribution in [0, 0.1) is 0 Å². The van der Waals surface area contributed by atoms with Gasteiger partial charge in [-0.15, -0.1) is 0 Å². The summed E-state index contributed by atoms with van der Waals surface area (Å²) < 4.78 is 6.14. The van der Waals surface area contributed by atoms with E-state index in [2.05, 4.69) is 67.5 Å². The molecule has 0 N–H and O–H groups in total. The highest BCUT2D eigenvalue weighted by atomic mass is 32.2. The third-order valence-electron chi connectivity index (χ3n) is 4.31. The SMILES string of the molecule is CC1N=C(c2c(C(C)C)cc(C(C)C)cc2C(C)C)OC(C)S1. The fourth-order valence-corrected chi connectivity index (χ4v) is 3.87. The average Bonchev–Trinajstić information content (AvgIpc) is 2.44. The first-order chi connectivity index (χ1) is 10.7. The van der Waals surface area contributed by atoms with E-state index in [1.54, 1.807) is 11.8 Å². The van der Waals surface area contributed by atoms with Gasteiger partial charge in [0.25, 0.3) is 0 Å². The molecule has 23 heavy (non-hydrogen) atoms. The molecule has 0 aliphatic carbocycles. The van der Waals surface area contributed by atoms with Crippen LogP contribution in [-0.2, 0) is 4.74 Å². The predicted molar refractivity (Wildman–Crippen MR) is 103 cm³/mol. The van der Waals surface area contributed by atoms with E-state index in [1.165, 1.54) is 22.3 Å². The molecule has 1 heterocycles. The van der Waals surface area contributed by atoms with Crippen molar-refractivity contribution < 1.29 is 4.74 Å². The summed E-state index contributed by atoms with van der Waals surface area (Å²) in [5, 5.41) is 0.249. The van der Waals surface area contributed by atoms with E-state index in [9.17, 15) is 0 Å². The minimum Gasteiger partial charge on any atom is -0.463 e. The molecule has 1 aliphatic rings. The summed E-state index contributed by atoms with van der Waals surface area (Å²) in [5.74, 6) is 2.27. The van der Waals surface area contributed by atoms with Crippen molar-refractivity contribution in [2.75, 3.05) is 0 Å². The molecule has 128 valence electrons. The standard InChI is InChI=1S/C20H31NOS/c1-11(2)16-9-17(12(3)4)19(18(10-16)13(5)6)20-21-14(7)23-15(8)22-20/h9-15H,1-8H3. The predicted octanol–water partition coefficient (Wildman–Crippen LogP) is 6.26. The van der Waals surface area contributed by atoms with Gasteiger partial charge in [0, 0.05) is 5.56 Å². The van der Waals surface area contributed by atoms with Crippen molar-refractivity contribution in [3.8, 4) is 0 Å². The Morgan fingerprint density at radius 1 is 0.913 bits per heavy atom. The van der Waals surface area contributed by atoms with E-state index >= 15 is 0 Å². The highest BCUT2D eigenvalue weighted by molar-refractivity contribution is 8.00. The Morgan fingerprint density at radius 2 is 1.43 bits per heavy atom. The van der Waals surface area contributed by atoms with Gasteiger partial charge in [-0.1, -0.05) is 65.4 Å². The second-order valence-corrected chi connectivity index (χ2v) is 9.01. The van der Waals surface area contributed by atoms with Crippen LogP contribution in [0.25, 0.3) is 0 Å². The van der Waals surface area contributed by atoms with Gasteiger partial charge >= 0.3 is 0 Å². The number of hydrogen-bond donors (Lipinski definition) is 0. The molecule has 0 fully saturated rings. The minimum atomic E-state index is 0.155. The van der Waals surface area contributed by atoms with E-state index in [-0.39, 0.29) is 10.8 Å². The molecular formula is C20H31NOS. The lowest BCUT2D eigenvalue weighted by atomic mass is 9.84. The summed E-state index contributed by atoms with van der Waals surface area (Å²) in [7, 11) is 0. The summed E-state index contributed by atoms with van der Waals surface area (Å²) >= 11 is 1.77. The maximum absolute atomic E-state index is 6.14. The van der Waals surface area contributed by atoms with Gasteiger partial charge in [-0.3, -0.25) is 0 Å². The summed E-state index contributed by atoms with van der Waals surface area (Å²) in [4.78, 5) is 4.82. The quantitative estimate of drug-likeness (QED) is 0.648. The van der Waals surface area contributed by atoms with E-state index in [0.29, 0.717) is 17.8 Å². The molecule has 2 unspecified atom stereocenters. The molecule has 3 heteroatoms. The zero-order chi connectivity index (χ0) is 17.3. The van der Waals surface area contributed by atoms with Crippen molar-refractivity contribution in [3.05, 3.63) is 34.4 Å². The van der Waals surface area contributed by atoms with Crippen molar-refractivity contribution in [1.29, 1.82) is 0 Å². The molecule has 0 bridgehead atoms. The lowest BCUT2D eigenvalue weighted by Gasteiger charge is -2.29. The third-order valence-corrected chi connectivity index (χ3v) is 5.29. The summed E-state index contributed by atoms with van der Waals surface area (Å²) in [6.45, 7) is 17.8. The van der Waals surface area contributed by atoms with Gasteiger partial charge in [0.05, 0.1) is 5.37 Å². The average molecular weight is 334 g/mol. The van der Waals surface area contributed by atoms with Crippen molar-refractivity contribution >= 4 is 17.7 Å². The lowest BCUT2D eigenvalue weighted by molar-refractivity contribution is 0.286. The number of ether oxygens (including phenoxy) is 1. The number of benzene rings is 1. The van der Waals surface area contributed by atoms with Gasteiger partial charge in [0.1, 0.15) is 5.44 Å². The fraction of sp³-hybridized carbons (Fsp3) is 0.650. The molecule has 0 saturated heterocycles. The van der Waals surface area contributed by atoms with Crippen LogP contribution in [0.15, 0.2) is 17.1 Å². The van der Waals surface area contributed by atoms with Gasteiger partial charge in [-0.25, -0.2) is 4.99 Å². The molecule has 0 amide bonds. The number of hydrogen-bond acceptors (Lipinski definition) is 3. The van der Waals surface area contributed by atoms with Crippen LogP contribution >= 0.6 is 11.8 Å². The lowest BCUT2D eigenvalue weighted by Crippen LogP contribution is -2.25. The summed E-state index contributed by atoms with van der Waals surface area (Å²) in [6.07, 6.45) is 0. The molecule has 2 atom stereocenters. The van der Waals surface area contributed by atoms with Crippen molar-refractivity contribution in [2.45, 2.75) is 84.0 Å². The van der Waals surface area contributed by atoms with E-state index < -0.39 is 0 Å². The molecule has 1 aromatic rings. The first-order valence-electron chi connectivity index (χ1n) is 8.78. The normalized spacial score (nSPS) is 21.8. The Labute approximate surface area is 146 Å². The molecule has 1 aliphatic heterocycles. The highest BCUT2D eigenvalue weighted by Crippen LogP contribution is 2.35. The monoisotopic (exact) mass is 333 g/mol. The second kappa shape index (κ2) is 7.29. The van der Waals surface area contributed by atoms with Crippen LogP contribution in [-0.4, -0.2) is 16.7 Å². The first-order valence-corrected chi connectivity index (χ1v) is 9.73. The van der Waals surface area contributed by atoms with E-state index in [0.717, 1.165) is 5.90 Å². The number of aliphatic imine (C=N–C) groups is 1. The van der Waals surface area contributed by atoms with Crippen LogP contribution in [0.1, 0.15) is 95.4 Å². The maximum atomic E-state index is 6.14. The van der Waals surface area contributed by atoms with Gasteiger partial charge in [-0.2, -0.15) is 0 Å². The van der Waals surface area contributed by atoms with Crippen LogP contribution in [0.3, 0.4) is 0 Å². The Morgan fingerprint density at radius 3 is 1.83 bits per heavy atom. The fourth-order valence-electron chi connectivity index (χ4n) is 3.01. The third kappa shape index (κ3) is 4.12. The van der Waals surface area contributed by atoms with E-state index in [1.807, 2.05) is 0 Å². The number of rotatable bonds is 4. The van der Waals surface area contributed by atoms with Crippen LogP contribution in [0.2, 0.25) is 0 Å². The van der Waals surface area contributed by atoms with Crippen LogP contribution in [0.4, 0.5) is 0 Å². The molecule has 1 aromatic carbocycles. The van der Waals surface area contributed by atoms with Crippen molar-refractivity contribution in [2.24, 2.45) is 4.99 Å². The van der Waals surface area contributed by atoms with Gasteiger partial charge in [0.2, 0.25) is 5.90 Å². The smallest absolute Gasteiger partial charge is 0.218 e. The van der Waals surface area contributed by atoms with Crippen molar-refractivity contribution in [3.63, 3.8) is 0 Å². The molecule has 2 nitrogen and oxygen atoms in total. The Bertz CT molecular complexity index is 560. The van der Waals surface area contributed by atoms with Crippen LogP contribution in [0.5, 0.6) is 0 Å². The second-order valence-electron chi connectivity index (χ2n) is 7.39. The maximum Gasteiger partial charge on any atom is 0.218 e. The first kappa shape index (κ1) is 18.4. The summed E-state index contributed by atoms with van der Waals surface area (Å²) in [6, 6.07) is 4.72. The Hall–Kier alpha value is -0.960. The molecule has 0 spiro atoms. The number of thioether (sulfide) groups is 1. The highest BCUT2D eigenvalue weighted by Gasteiger charge is 2.27. The van der Waals surface area contributed by atoms with Crippen LogP contribution < -0.4 is 0 Å². The van der Waals surface area contributed by atoms with E-state index in [4.69, 9.17) is 9.73 Å². The minimum absolute atomic E-state index is 0.155. The Kier molecular flexibility index (Phi) is 5.83. The number of nitrogens with zero attached hydrogens (tertiary/aromatic N) is 1. The largest absolute Gasteiger partial charge is 0.463 e. The topological polar surface area (TPSA) is 21.6 Å². The zero-order valence-electron chi connectivity index (χ0n) is 15.8. The van der Waals surface area contributed by atoms with Gasteiger partial charge in [-0.05, 0) is 48.3 Å². The van der Waals surface area contributed by atoms with Crippen molar-refractivity contribution in [1.82, 2.24) is 0 Å². The van der Waals surface area contributed by atoms with Gasteiger partial charge < -0.3 is 4.74 Å². The molecular weight excluding hydrogens is 302 g/mol. The molecule has 0 aromatic heterocycles. The van der Waals surface area contributed by atoms with Gasteiger partial charge in [0.15, 0.2) is 0 Å². The Balaban J connectivity index is 2.69.